The van der Waals surface area contributed by atoms with E-state index in [1.807, 2.05) is 6.20 Å². The number of aliphatic hydroxyl groups is 1. The third kappa shape index (κ3) is 2.53. The Morgan fingerprint density at radius 3 is 3.12 bits per heavy atom. The fraction of sp³-hybridized carbons (Fsp3) is 0.769. The standard InChI is InChI=1S/C13H22N2O2/c1-3-7-15-8-6-14-13(15)12(16)10-5-9-17-11(10)4-2/h6,8,10-12,16H,3-5,7,9H2,1-2H3. The van der Waals surface area contributed by atoms with Crippen molar-refractivity contribution in [2.45, 2.75) is 51.9 Å². The van der Waals surface area contributed by atoms with E-state index in [0.29, 0.717) is 0 Å². The average Bonchev–Trinajstić information content (AvgIpc) is 2.96. The third-order valence-corrected chi connectivity index (χ3v) is 3.55. The van der Waals surface area contributed by atoms with Crippen LogP contribution in [-0.2, 0) is 11.3 Å². The zero-order chi connectivity index (χ0) is 12.3. The Labute approximate surface area is 103 Å². The zero-order valence-electron chi connectivity index (χ0n) is 10.7. The van der Waals surface area contributed by atoms with Crippen molar-refractivity contribution in [1.29, 1.82) is 0 Å². The minimum atomic E-state index is -0.496. The summed E-state index contributed by atoms with van der Waals surface area (Å²) < 4.78 is 7.69. The first-order chi connectivity index (χ1) is 8.27. The lowest BCUT2D eigenvalue weighted by Gasteiger charge is -2.23. The molecule has 0 radical (unpaired) electrons. The molecule has 0 saturated carbocycles. The Hall–Kier alpha value is -0.870. The van der Waals surface area contributed by atoms with Crippen LogP contribution in [0.3, 0.4) is 0 Å². The molecule has 3 atom stereocenters. The molecule has 0 aromatic carbocycles. The molecule has 17 heavy (non-hydrogen) atoms. The van der Waals surface area contributed by atoms with Gasteiger partial charge in [-0.05, 0) is 19.3 Å². The number of nitrogens with zero attached hydrogens (tertiary/aromatic N) is 2. The van der Waals surface area contributed by atoms with Gasteiger partial charge in [0, 0.05) is 31.5 Å². The molecule has 3 unspecified atom stereocenters. The van der Waals surface area contributed by atoms with Crippen molar-refractivity contribution in [2.24, 2.45) is 5.92 Å². The van der Waals surface area contributed by atoms with Crippen LogP contribution in [0.15, 0.2) is 12.4 Å². The monoisotopic (exact) mass is 238 g/mol. The van der Waals surface area contributed by atoms with Gasteiger partial charge in [0.05, 0.1) is 6.10 Å². The SMILES string of the molecule is CCCn1ccnc1C(O)C1CCOC1CC. The number of aromatic nitrogens is 2. The molecule has 4 nitrogen and oxygen atoms in total. The number of rotatable bonds is 5. The average molecular weight is 238 g/mol. The summed E-state index contributed by atoms with van der Waals surface area (Å²) >= 11 is 0. The van der Waals surface area contributed by atoms with Crippen LogP contribution in [0.4, 0.5) is 0 Å². The van der Waals surface area contributed by atoms with Gasteiger partial charge in [0.25, 0.3) is 0 Å². The Kier molecular flexibility index (Phi) is 4.18. The third-order valence-electron chi connectivity index (χ3n) is 3.55. The van der Waals surface area contributed by atoms with Gasteiger partial charge in [-0.1, -0.05) is 13.8 Å². The van der Waals surface area contributed by atoms with E-state index in [2.05, 4.69) is 23.4 Å². The molecule has 1 saturated heterocycles. The molecule has 4 heteroatoms. The maximum absolute atomic E-state index is 10.5. The van der Waals surface area contributed by atoms with E-state index in [9.17, 15) is 5.11 Å². The maximum atomic E-state index is 10.5. The summed E-state index contributed by atoms with van der Waals surface area (Å²) in [4.78, 5) is 4.31. The molecule has 0 spiro atoms. The summed E-state index contributed by atoms with van der Waals surface area (Å²) in [5.41, 5.74) is 0. The molecule has 2 heterocycles. The number of aryl methyl sites for hydroxylation is 1. The molecule has 1 aromatic heterocycles. The lowest BCUT2D eigenvalue weighted by molar-refractivity contribution is 0.0253. The van der Waals surface area contributed by atoms with Crippen LogP contribution in [0.1, 0.15) is 45.0 Å². The van der Waals surface area contributed by atoms with Gasteiger partial charge in [0.2, 0.25) is 0 Å². The van der Waals surface area contributed by atoms with Crippen LogP contribution >= 0.6 is 0 Å². The Morgan fingerprint density at radius 1 is 1.59 bits per heavy atom. The smallest absolute Gasteiger partial charge is 0.138 e. The van der Waals surface area contributed by atoms with Gasteiger partial charge in [-0.15, -0.1) is 0 Å². The van der Waals surface area contributed by atoms with Crippen LogP contribution in [0.25, 0.3) is 0 Å². The van der Waals surface area contributed by atoms with Crippen molar-refractivity contribution in [1.82, 2.24) is 9.55 Å². The molecule has 1 aliphatic rings. The second kappa shape index (κ2) is 5.65. The molecule has 0 amide bonds. The summed E-state index contributed by atoms with van der Waals surface area (Å²) in [6, 6.07) is 0. The Morgan fingerprint density at radius 2 is 2.41 bits per heavy atom. The highest BCUT2D eigenvalue weighted by Crippen LogP contribution is 2.34. The van der Waals surface area contributed by atoms with E-state index in [4.69, 9.17) is 4.74 Å². The van der Waals surface area contributed by atoms with Gasteiger partial charge in [-0.2, -0.15) is 0 Å². The van der Waals surface area contributed by atoms with Crippen molar-refractivity contribution in [3.05, 3.63) is 18.2 Å². The molecule has 0 bridgehead atoms. The number of hydrogen-bond donors (Lipinski definition) is 1. The van der Waals surface area contributed by atoms with Crippen LogP contribution < -0.4 is 0 Å². The fourth-order valence-corrected chi connectivity index (χ4v) is 2.66. The zero-order valence-corrected chi connectivity index (χ0v) is 10.7. The van der Waals surface area contributed by atoms with Crippen molar-refractivity contribution in [3.8, 4) is 0 Å². The minimum absolute atomic E-state index is 0.178. The van der Waals surface area contributed by atoms with E-state index in [1.165, 1.54) is 0 Å². The molecule has 1 N–H and O–H groups in total. The Balaban J connectivity index is 2.12. The molecular weight excluding hydrogens is 216 g/mol. The number of aliphatic hydroxyl groups excluding tert-OH is 1. The predicted octanol–water partition coefficient (Wildman–Crippen LogP) is 2.14. The molecule has 0 aliphatic carbocycles. The van der Waals surface area contributed by atoms with E-state index in [-0.39, 0.29) is 12.0 Å². The highest BCUT2D eigenvalue weighted by atomic mass is 16.5. The second-order valence-electron chi connectivity index (χ2n) is 4.69. The first-order valence-electron chi connectivity index (χ1n) is 6.58. The van der Waals surface area contributed by atoms with E-state index < -0.39 is 6.10 Å². The van der Waals surface area contributed by atoms with Gasteiger partial charge in [-0.3, -0.25) is 0 Å². The van der Waals surface area contributed by atoms with Crippen LogP contribution in [0.5, 0.6) is 0 Å². The lowest BCUT2D eigenvalue weighted by Crippen LogP contribution is -2.24. The number of ether oxygens (including phenoxy) is 1. The quantitative estimate of drug-likeness (QED) is 0.855. The molecule has 1 aliphatic heterocycles. The predicted molar refractivity (Wildman–Crippen MR) is 65.6 cm³/mol. The summed E-state index contributed by atoms with van der Waals surface area (Å²) in [5, 5.41) is 10.5. The number of imidazole rings is 1. The first-order valence-corrected chi connectivity index (χ1v) is 6.58. The van der Waals surface area contributed by atoms with Gasteiger partial charge >= 0.3 is 0 Å². The first kappa shape index (κ1) is 12.6. The normalized spacial score (nSPS) is 26.3. The molecular formula is C13H22N2O2. The van der Waals surface area contributed by atoms with E-state index in [0.717, 1.165) is 38.2 Å². The van der Waals surface area contributed by atoms with E-state index in [1.54, 1.807) is 6.20 Å². The molecule has 96 valence electrons. The van der Waals surface area contributed by atoms with Gasteiger partial charge < -0.3 is 14.4 Å². The molecule has 1 fully saturated rings. The summed E-state index contributed by atoms with van der Waals surface area (Å²) in [6.45, 7) is 5.91. The van der Waals surface area contributed by atoms with Crippen LogP contribution in [0, 0.1) is 5.92 Å². The van der Waals surface area contributed by atoms with Gasteiger partial charge in [0.1, 0.15) is 11.9 Å². The molecule has 2 rings (SSSR count). The number of hydrogen-bond acceptors (Lipinski definition) is 3. The van der Waals surface area contributed by atoms with Crippen molar-refractivity contribution < 1.29 is 9.84 Å². The van der Waals surface area contributed by atoms with E-state index >= 15 is 0 Å². The lowest BCUT2D eigenvalue weighted by atomic mass is 9.93. The second-order valence-corrected chi connectivity index (χ2v) is 4.69. The summed E-state index contributed by atoms with van der Waals surface area (Å²) in [6.07, 6.45) is 6.33. The molecule has 1 aromatic rings. The van der Waals surface area contributed by atoms with Gasteiger partial charge in [0.15, 0.2) is 0 Å². The minimum Gasteiger partial charge on any atom is -0.385 e. The van der Waals surface area contributed by atoms with Crippen molar-refractivity contribution in [3.63, 3.8) is 0 Å². The fourth-order valence-electron chi connectivity index (χ4n) is 2.66. The summed E-state index contributed by atoms with van der Waals surface area (Å²) in [5.74, 6) is 0.985. The largest absolute Gasteiger partial charge is 0.385 e. The van der Waals surface area contributed by atoms with Crippen molar-refractivity contribution in [2.75, 3.05) is 6.61 Å². The van der Waals surface area contributed by atoms with Gasteiger partial charge in [-0.25, -0.2) is 4.98 Å². The van der Waals surface area contributed by atoms with Crippen molar-refractivity contribution >= 4 is 0 Å². The van der Waals surface area contributed by atoms with Crippen LogP contribution in [0.2, 0.25) is 0 Å². The maximum Gasteiger partial charge on any atom is 0.138 e. The summed E-state index contributed by atoms with van der Waals surface area (Å²) in [7, 11) is 0. The Bertz CT molecular complexity index is 351. The van der Waals surface area contributed by atoms with Crippen LogP contribution in [-0.4, -0.2) is 27.4 Å². The highest BCUT2D eigenvalue weighted by Gasteiger charge is 2.35. The highest BCUT2D eigenvalue weighted by molar-refractivity contribution is 5.00. The topological polar surface area (TPSA) is 47.3 Å².